The van der Waals surface area contributed by atoms with E-state index in [1.807, 2.05) is 6.07 Å². The Labute approximate surface area is 105 Å². The maximum atomic E-state index is 11.8. The van der Waals surface area contributed by atoms with Crippen molar-refractivity contribution < 1.29 is 9.53 Å². The third kappa shape index (κ3) is 2.85. The molecule has 2 aromatic rings. The fourth-order valence-corrected chi connectivity index (χ4v) is 1.49. The zero-order valence-corrected chi connectivity index (χ0v) is 10.3. The Kier molecular flexibility index (Phi) is 3.57. The van der Waals surface area contributed by atoms with Crippen LogP contribution >= 0.6 is 0 Å². The molecule has 0 aromatic carbocycles. The number of nitrogens with one attached hydrogen (secondary N) is 1. The quantitative estimate of drug-likeness (QED) is 0.864. The number of carbonyl (C=O) groups excluding carboxylic acids is 1. The number of hydrogen-bond donors (Lipinski definition) is 1. The number of carbonyl (C=O) groups is 1. The summed E-state index contributed by atoms with van der Waals surface area (Å²) in [4.78, 5) is 15.8. The second-order valence-electron chi connectivity index (χ2n) is 3.79. The molecule has 0 saturated carbocycles. The normalized spacial score (nSPS) is 10.1. The van der Waals surface area contributed by atoms with Gasteiger partial charge in [0.1, 0.15) is 0 Å². The van der Waals surface area contributed by atoms with Crippen molar-refractivity contribution in [2.45, 2.75) is 6.54 Å². The van der Waals surface area contributed by atoms with E-state index in [4.69, 9.17) is 4.74 Å². The van der Waals surface area contributed by atoms with Crippen LogP contribution in [0.3, 0.4) is 0 Å². The van der Waals surface area contributed by atoms with E-state index in [2.05, 4.69) is 15.4 Å². The van der Waals surface area contributed by atoms with E-state index < -0.39 is 0 Å². The molecular formula is C12H14N4O2. The van der Waals surface area contributed by atoms with Gasteiger partial charge in [-0.2, -0.15) is 5.10 Å². The van der Waals surface area contributed by atoms with Gasteiger partial charge in [-0.3, -0.25) is 9.48 Å². The zero-order chi connectivity index (χ0) is 13.0. The summed E-state index contributed by atoms with van der Waals surface area (Å²) in [5.41, 5.74) is 1.47. The maximum Gasteiger partial charge on any atom is 0.254 e. The first-order valence-electron chi connectivity index (χ1n) is 5.45. The number of amides is 1. The number of aryl methyl sites for hydroxylation is 1. The van der Waals surface area contributed by atoms with Crippen molar-refractivity contribution in [2.24, 2.45) is 7.05 Å². The van der Waals surface area contributed by atoms with Crippen molar-refractivity contribution in [3.8, 4) is 5.88 Å². The van der Waals surface area contributed by atoms with Gasteiger partial charge in [0.05, 0.1) is 18.9 Å². The molecule has 2 rings (SSSR count). The molecule has 0 radical (unpaired) electrons. The first-order valence-corrected chi connectivity index (χ1v) is 5.45. The van der Waals surface area contributed by atoms with Crippen molar-refractivity contribution in [1.82, 2.24) is 20.1 Å². The lowest BCUT2D eigenvalue weighted by Crippen LogP contribution is -2.22. The van der Waals surface area contributed by atoms with Crippen LogP contribution < -0.4 is 10.1 Å². The molecule has 0 spiro atoms. The van der Waals surface area contributed by atoms with E-state index in [9.17, 15) is 4.79 Å². The average molecular weight is 246 g/mol. The molecule has 0 bridgehead atoms. The molecule has 18 heavy (non-hydrogen) atoms. The minimum absolute atomic E-state index is 0.154. The van der Waals surface area contributed by atoms with Gasteiger partial charge in [-0.25, -0.2) is 4.98 Å². The predicted molar refractivity (Wildman–Crippen MR) is 65.2 cm³/mol. The second kappa shape index (κ2) is 5.31. The van der Waals surface area contributed by atoms with Crippen LogP contribution in [0.2, 0.25) is 0 Å². The third-order valence-electron chi connectivity index (χ3n) is 2.43. The first-order chi connectivity index (χ1) is 8.69. The molecule has 0 atom stereocenters. The molecule has 0 saturated heterocycles. The molecule has 6 nitrogen and oxygen atoms in total. The largest absolute Gasteiger partial charge is 0.481 e. The van der Waals surface area contributed by atoms with Crippen LogP contribution in [0.15, 0.2) is 30.7 Å². The Morgan fingerprint density at radius 1 is 1.56 bits per heavy atom. The smallest absolute Gasteiger partial charge is 0.254 e. The van der Waals surface area contributed by atoms with Gasteiger partial charge >= 0.3 is 0 Å². The highest BCUT2D eigenvalue weighted by atomic mass is 16.5. The number of nitrogens with zero attached hydrogens (tertiary/aromatic N) is 3. The Hall–Kier alpha value is -2.37. The highest BCUT2D eigenvalue weighted by Gasteiger charge is 2.07. The first kappa shape index (κ1) is 12.1. The summed E-state index contributed by atoms with van der Waals surface area (Å²) in [5, 5.41) is 6.75. The Balaban J connectivity index is 1.97. The lowest BCUT2D eigenvalue weighted by atomic mass is 10.2. The van der Waals surface area contributed by atoms with Crippen molar-refractivity contribution >= 4 is 5.91 Å². The fourth-order valence-electron chi connectivity index (χ4n) is 1.49. The fraction of sp³-hybridized carbons (Fsp3) is 0.250. The number of methoxy groups -OCH3 is 1. The van der Waals surface area contributed by atoms with E-state index in [0.29, 0.717) is 18.0 Å². The molecule has 0 aliphatic carbocycles. The Bertz CT molecular complexity index is 551. The third-order valence-corrected chi connectivity index (χ3v) is 2.43. The van der Waals surface area contributed by atoms with Gasteiger partial charge in [0.15, 0.2) is 0 Å². The van der Waals surface area contributed by atoms with Crippen LogP contribution in [0.5, 0.6) is 5.88 Å². The summed E-state index contributed by atoms with van der Waals surface area (Å²) in [6.45, 7) is 0.423. The van der Waals surface area contributed by atoms with Gasteiger partial charge in [-0.05, 0) is 11.6 Å². The topological polar surface area (TPSA) is 69.0 Å². The summed E-state index contributed by atoms with van der Waals surface area (Å²) >= 11 is 0. The second-order valence-corrected chi connectivity index (χ2v) is 3.79. The molecular weight excluding hydrogens is 232 g/mol. The molecule has 0 aliphatic heterocycles. The highest BCUT2D eigenvalue weighted by molar-refractivity contribution is 5.93. The van der Waals surface area contributed by atoms with Crippen LogP contribution in [-0.2, 0) is 13.6 Å². The molecule has 1 N–H and O–H groups in total. The van der Waals surface area contributed by atoms with Crippen LogP contribution in [0.4, 0.5) is 0 Å². The van der Waals surface area contributed by atoms with Crippen molar-refractivity contribution in [1.29, 1.82) is 0 Å². The molecule has 2 heterocycles. The standard InChI is InChI=1S/C12H14N4O2/c1-16-8-10(7-15-16)12(17)14-6-9-3-4-13-11(5-9)18-2/h3-5,7-8H,6H2,1-2H3,(H,14,17). The van der Waals surface area contributed by atoms with E-state index in [1.165, 1.54) is 6.20 Å². The lowest BCUT2D eigenvalue weighted by molar-refractivity contribution is 0.0951. The molecule has 94 valence electrons. The summed E-state index contributed by atoms with van der Waals surface area (Å²) in [6, 6.07) is 3.61. The number of hydrogen-bond acceptors (Lipinski definition) is 4. The van der Waals surface area contributed by atoms with E-state index >= 15 is 0 Å². The molecule has 2 aromatic heterocycles. The van der Waals surface area contributed by atoms with Crippen molar-refractivity contribution in [2.75, 3.05) is 7.11 Å². The van der Waals surface area contributed by atoms with Gasteiger partial charge < -0.3 is 10.1 Å². The van der Waals surface area contributed by atoms with Crippen LogP contribution in [0, 0.1) is 0 Å². The van der Waals surface area contributed by atoms with E-state index in [0.717, 1.165) is 5.56 Å². The molecule has 6 heteroatoms. The van der Waals surface area contributed by atoms with Gasteiger partial charge in [0.25, 0.3) is 5.91 Å². The number of aromatic nitrogens is 3. The molecule has 0 fully saturated rings. The van der Waals surface area contributed by atoms with Crippen LogP contribution in [0.1, 0.15) is 15.9 Å². The number of rotatable bonds is 4. The maximum absolute atomic E-state index is 11.8. The van der Waals surface area contributed by atoms with Crippen molar-refractivity contribution in [3.63, 3.8) is 0 Å². The number of pyridine rings is 1. The lowest BCUT2D eigenvalue weighted by Gasteiger charge is -2.05. The number of ether oxygens (including phenoxy) is 1. The zero-order valence-electron chi connectivity index (χ0n) is 10.3. The summed E-state index contributed by atoms with van der Waals surface area (Å²) in [6.07, 6.45) is 4.84. The molecule has 1 amide bonds. The summed E-state index contributed by atoms with van der Waals surface area (Å²) in [5.74, 6) is 0.377. The monoisotopic (exact) mass is 246 g/mol. The minimum atomic E-state index is -0.154. The summed E-state index contributed by atoms with van der Waals surface area (Å²) < 4.78 is 6.60. The molecule has 0 aliphatic rings. The van der Waals surface area contributed by atoms with Crippen LogP contribution in [0.25, 0.3) is 0 Å². The highest BCUT2D eigenvalue weighted by Crippen LogP contribution is 2.08. The Morgan fingerprint density at radius 3 is 3.06 bits per heavy atom. The Morgan fingerprint density at radius 2 is 2.39 bits per heavy atom. The van der Waals surface area contributed by atoms with Gasteiger partial charge in [-0.1, -0.05) is 0 Å². The molecule has 0 unspecified atom stereocenters. The minimum Gasteiger partial charge on any atom is -0.481 e. The van der Waals surface area contributed by atoms with Gasteiger partial charge in [-0.15, -0.1) is 0 Å². The predicted octanol–water partition coefficient (Wildman–Crippen LogP) is 0.754. The van der Waals surface area contributed by atoms with E-state index in [1.54, 1.807) is 37.3 Å². The van der Waals surface area contributed by atoms with Crippen molar-refractivity contribution in [3.05, 3.63) is 41.9 Å². The van der Waals surface area contributed by atoms with Gasteiger partial charge in [0.2, 0.25) is 5.88 Å². The average Bonchev–Trinajstić information content (AvgIpc) is 2.83. The SMILES string of the molecule is COc1cc(CNC(=O)c2cnn(C)c2)ccn1. The van der Waals surface area contributed by atoms with Crippen LogP contribution in [-0.4, -0.2) is 27.8 Å². The van der Waals surface area contributed by atoms with Gasteiger partial charge in [0, 0.05) is 32.1 Å². The van der Waals surface area contributed by atoms with E-state index in [-0.39, 0.29) is 5.91 Å². The summed E-state index contributed by atoms with van der Waals surface area (Å²) in [7, 11) is 3.32.